The van der Waals surface area contributed by atoms with E-state index in [2.05, 4.69) is 0 Å². The highest BCUT2D eigenvalue weighted by Gasteiger charge is 2.27. The first-order valence-electron chi connectivity index (χ1n) is 8.97. The third-order valence-electron chi connectivity index (χ3n) is 4.73. The molecule has 0 radical (unpaired) electrons. The Morgan fingerprint density at radius 2 is 1.79 bits per heavy atom. The van der Waals surface area contributed by atoms with Gasteiger partial charge in [-0.3, -0.25) is 4.79 Å². The maximum Gasteiger partial charge on any atom is 0.254 e. The number of ether oxygens (including phenoxy) is 1. The molecule has 0 N–H and O–H groups in total. The zero-order chi connectivity index (χ0) is 20.3. The lowest BCUT2D eigenvalue weighted by atomic mass is 10.1. The number of hydrogen-bond acceptors (Lipinski definition) is 4. The van der Waals surface area contributed by atoms with Crippen LogP contribution in [0.2, 0.25) is 0 Å². The van der Waals surface area contributed by atoms with Crippen LogP contribution < -0.4 is 0 Å². The lowest BCUT2D eigenvalue weighted by Gasteiger charge is -2.26. The second-order valence-electron chi connectivity index (χ2n) is 6.78. The van der Waals surface area contributed by atoms with E-state index in [-0.39, 0.29) is 16.6 Å². The summed E-state index contributed by atoms with van der Waals surface area (Å²) in [7, 11) is -2.05. The minimum atomic E-state index is -3.68. The topological polar surface area (TPSA) is 66.9 Å². The Balaban J connectivity index is 1.84. The molecule has 1 fully saturated rings. The molecule has 0 aromatic heterocycles. The third kappa shape index (κ3) is 4.40. The largest absolute Gasteiger partial charge is 0.379 e. The fourth-order valence-corrected chi connectivity index (χ4v) is 4.50. The first-order valence-corrected chi connectivity index (χ1v) is 10.4. The standard InChI is InChI=1S/C20H23FN2O4S/c1-15-3-8-18(28(25,26)23-9-11-27-12-10-23)13-19(15)20(24)22(2)14-16-4-6-17(21)7-5-16/h3-8,13H,9-12,14H2,1-2H3. The molecule has 1 aliphatic rings. The van der Waals surface area contributed by atoms with Crippen molar-refractivity contribution in [2.75, 3.05) is 33.4 Å². The number of carbonyl (C=O) groups is 1. The average Bonchev–Trinajstić information content (AvgIpc) is 2.70. The van der Waals surface area contributed by atoms with E-state index < -0.39 is 10.0 Å². The van der Waals surface area contributed by atoms with Gasteiger partial charge in [-0.25, -0.2) is 12.8 Å². The number of rotatable bonds is 5. The highest BCUT2D eigenvalue weighted by molar-refractivity contribution is 7.89. The summed E-state index contributed by atoms with van der Waals surface area (Å²) in [6, 6.07) is 10.5. The van der Waals surface area contributed by atoms with Crippen LogP contribution in [0.15, 0.2) is 47.4 Å². The summed E-state index contributed by atoms with van der Waals surface area (Å²) in [5.74, 6) is -0.629. The summed E-state index contributed by atoms with van der Waals surface area (Å²) < 4.78 is 45.4. The van der Waals surface area contributed by atoms with Crippen LogP contribution >= 0.6 is 0 Å². The number of benzene rings is 2. The highest BCUT2D eigenvalue weighted by Crippen LogP contribution is 2.22. The zero-order valence-corrected chi connectivity index (χ0v) is 16.7. The molecule has 6 nitrogen and oxygen atoms in total. The van der Waals surface area contributed by atoms with Gasteiger partial charge >= 0.3 is 0 Å². The number of halogens is 1. The van der Waals surface area contributed by atoms with E-state index in [0.717, 1.165) is 5.56 Å². The van der Waals surface area contributed by atoms with Crippen molar-refractivity contribution in [2.24, 2.45) is 0 Å². The van der Waals surface area contributed by atoms with Gasteiger partial charge < -0.3 is 9.64 Å². The second-order valence-corrected chi connectivity index (χ2v) is 8.72. The van der Waals surface area contributed by atoms with Crippen molar-refractivity contribution >= 4 is 15.9 Å². The summed E-state index contributed by atoms with van der Waals surface area (Å²) in [5.41, 5.74) is 1.81. The molecule has 150 valence electrons. The molecule has 28 heavy (non-hydrogen) atoms. The molecule has 0 bridgehead atoms. The van der Waals surface area contributed by atoms with Crippen LogP contribution in [0.3, 0.4) is 0 Å². The molecule has 2 aromatic rings. The van der Waals surface area contributed by atoms with Gasteiger partial charge in [-0.1, -0.05) is 18.2 Å². The predicted molar refractivity (Wildman–Crippen MR) is 103 cm³/mol. The summed E-state index contributed by atoms with van der Waals surface area (Å²) >= 11 is 0. The van der Waals surface area contributed by atoms with E-state index in [1.54, 1.807) is 32.2 Å². The molecule has 3 rings (SSSR count). The molecule has 1 heterocycles. The van der Waals surface area contributed by atoms with Gasteiger partial charge in [0, 0.05) is 32.2 Å². The van der Waals surface area contributed by atoms with Crippen molar-refractivity contribution in [3.8, 4) is 0 Å². The van der Waals surface area contributed by atoms with Crippen molar-refractivity contribution in [3.05, 3.63) is 65.0 Å². The molecule has 2 aromatic carbocycles. The normalized spacial score (nSPS) is 15.4. The van der Waals surface area contributed by atoms with Crippen LogP contribution in [0.5, 0.6) is 0 Å². The maximum atomic E-state index is 13.1. The number of morpholine rings is 1. The summed E-state index contributed by atoms with van der Waals surface area (Å²) in [5, 5.41) is 0. The Labute approximate surface area is 164 Å². The first kappa shape index (κ1) is 20.4. The Hall–Kier alpha value is -2.29. The van der Waals surface area contributed by atoms with Gasteiger partial charge in [0.25, 0.3) is 5.91 Å². The molecule has 1 amide bonds. The smallest absolute Gasteiger partial charge is 0.254 e. The minimum Gasteiger partial charge on any atom is -0.379 e. The van der Waals surface area contributed by atoms with E-state index in [1.165, 1.54) is 33.5 Å². The summed E-state index contributed by atoms with van der Waals surface area (Å²) in [6.07, 6.45) is 0. The third-order valence-corrected chi connectivity index (χ3v) is 6.62. The number of aryl methyl sites for hydroxylation is 1. The number of nitrogens with zero attached hydrogens (tertiary/aromatic N) is 2. The predicted octanol–water partition coefficient (Wildman–Crippen LogP) is 2.43. The van der Waals surface area contributed by atoms with Gasteiger partial charge in [0.2, 0.25) is 10.0 Å². The van der Waals surface area contributed by atoms with Gasteiger partial charge in [0.05, 0.1) is 18.1 Å². The highest BCUT2D eigenvalue weighted by atomic mass is 32.2. The van der Waals surface area contributed by atoms with Crippen molar-refractivity contribution in [2.45, 2.75) is 18.4 Å². The molecule has 8 heteroatoms. The molecule has 0 spiro atoms. The number of hydrogen-bond donors (Lipinski definition) is 0. The number of sulfonamides is 1. The first-order chi connectivity index (χ1) is 13.3. The van der Waals surface area contributed by atoms with Crippen LogP contribution in [-0.2, 0) is 21.3 Å². The maximum absolute atomic E-state index is 13.1. The Morgan fingerprint density at radius 1 is 1.14 bits per heavy atom. The van der Waals surface area contributed by atoms with Gasteiger partial charge in [-0.2, -0.15) is 4.31 Å². The summed E-state index contributed by atoms with van der Waals surface area (Å²) in [4.78, 5) is 14.5. The van der Waals surface area contributed by atoms with Gasteiger partial charge in [0.1, 0.15) is 5.82 Å². The van der Waals surface area contributed by atoms with Gasteiger partial charge in [0.15, 0.2) is 0 Å². The zero-order valence-electron chi connectivity index (χ0n) is 15.9. The van der Waals surface area contributed by atoms with Crippen molar-refractivity contribution in [1.82, 2.24) is 9.21 Å². The van der Waals surface area contributed by atoms with Crippen LogP contribution in [0, 0.1) is 12.7 Å². The molecule has 0 unspecified atom stereocenters. The fourth-order valence-electron chi connectivity index (χ4n) is 3.07. The van der Waals surface area contributed by atoms with E-state index >= 15 is 0 Å². The minimum absolute atomic E-state index is 0.0959. The number of amides is 1. The van der Waals surface area contributed by atoms with Crippen LogP contribution in [-0.4, -0.2) is 56.9 Å². The molecular formula is C20H23FN2O4S. The van der Waals surface area contributed by atoms with Crippen molar-refractivity contribution in [3.63, 3.8) is 0 Å². The molecule has 0 atom stereocenters. The molecule has 1 saturated heterocycles. The van der Waals surface area contributed by atoms with Crippen molar-refractivity contribution < 1.29 is 22.3 Å². The fraction of sp³-hybridized carbons (Fsp3) is 0.350. The Bertz CT molecular complexity index is 955. The molecular weight excluding hydrogens is 383 g/mol. The average molecular weight is 406 g/mol. The second kappa shape index (κ2) is 8.38. The molecule has 0 saturated carbocycles. The van der Waals surface area contributed by atoms with E-state index in [0.29, 0.717) is 44.0 Å². The monoisotopic (exact) mass is 406 g/mol. The van der Waals surface area contributed by atoms with Crippen LogP contribution in [0.4, 0.5) is 4.39 Å². The number of carbonyl (C=O) groups excluding carboxylic acids is 1. The van der Waals surface area contributed by atoms with Gasteiger partial charge in [-0.05, 0) is 42.3 Å². The van der Waals surface area contributed by atoms with Crippen LogP contribution in [0.25, 0.3) is 0 Å². The Kier molecular flexibility index (Phi) is 6.12. The Morgan fingerprint density at radius 3 is 2.43 bits per heavy atom. The van der Waals surface area contributed by atoms with E-state index in [1.807, 2.05) is 0 Å². The van der Waals surface area contributed by atoms with Crippen LogP contribution in [0.1, 0.15) is 21.5 Å². The quantitative estimate of drug-likeness (QED) is 0.765. The lowest BCUT2D eigenvalue weighted by molar-refractivity contribution is 0.0730. The lowest BCUT2D eigenvalue weighted by Crippen LogP contribution is -2.40. The van der Waals surface area contributed by atoms with Gasteiger partial charge in [-0.15, -0.1) is 0 Å². The SMILES string of the molecule is Cc1ccc(S(=O)(=O)N2CCOCC2)cc1C(=O)N(C)Cc1ccc(F)cc1. The van der Waals surface area contributed by atoms with E-state index in [9.17, 15) is 17.6 Å². The molecule has 0 aliphatic carbocycles. The summed E-state index contributed by atoms with van der Waals surface area (Å²) in [6.45, 7) is 3.37. The van der Waals surface area contributed by atoms with Crippen molar-refractivity contribution in [1.29, 1.82) is 0 Å². The molecule has 1 aliphatic heterocycles. The van der Waals surface area contributed by atoms with E-state index in [4.69, 9.17) is 4.74 Å².